The Hall–Kier alpha value is -2.45. The Kier molecular flexibility index (Phi) is 3.44. The molecule has 0 aliphatic carbocycles. The predicted octanol–water partition coefficient (Wildman–Crippen LogP) is -0.227. The summed E-state index contributed by atoms with van der Waals surface area (Å²) in [5, 5.41) is 0. The number of carbonyl (C=O) groups is 5. The van der Waals surface area contributed by atoms with E-state index >= 15 is 0 Å². The van der Waals surface area contributed by atoms with Gasteiger partial charge in [-0.2, -0.15) is 0 Å². The van der Waals surface area contributed by atoms with E-state index in [2.05, 4.69) is 0 Å². The molecular formula is C12H16N4O5. The van der Waals surface area contributed by atoms with Crippen LogP contribution in [-0.2, 0) is 14.4 Å². The Bertz CT molecular complexity index is 548. The number of nitrogens with zero attached hydrogens (tertiary/aromatic N) is 4. The minimum absolute atomic E-state index is 0.201. The van der Waals surface area contributed by atoms with Gasteiger partial charge in [-0.3, -0.25) is 19.3 Å². The van der Waals surface area contributed by atoms with Crippen LogP contribution in [0.25, 0.3) is 0 Å². The van der Waals surface area contributed by atoms with Crippen molar-refractivity contribution in [2.75, 3.05) is 6.54 Å². The van der Waals surface area contributed by atoms with Crippen LogP contribution in [0, 0.1) is 0 Å². The molecule has 114 valence electrons. The molecule has 2 aliphatic heterocycles. The average Bonchev–Trinajstić information content (AvgIpc) is 2.77. The van der Waals surface area contributed by atoms with Crippen LogP contribution in [0.1, 0.15) is 27.7 Å². The van der Waals surface area contributed by atoms with E-state index in [0.29, 0.717) is 0 Å². The largest absolute Gasteiger partial charge is 0.337 e. The third-order valence-corrected chi connectivity index (χ3v) is 3.60. The number of hydrogen-bond donors (Lipinski definition) is 0. The molecule has 2 saturated heterocycles. The van der Waals surface area contributed by atoms with Gasteiger partial charge in [0.05, 0.1) is 0 Å². The molecule has 2 aliphatic rings. The second-order valence-corrected chi connectivity index (χ2v) is 4.85. The van der Waals surface area contributed by atoms with Gasteiger partial charge in [-0.05, 0) is 6.92 Å². The molecule has 0 aromatic rings. The molecule has 9 heteroatoms. The van der Waals surface area contributed by atoms with Gasteiger partial charge in [-0.15, -0.1) is 0 Å². The molecule has 0 bridgehead atoms. The minimum atomic E-state index is -1.11. The van der Waals surface area contributed by atoms with Gasteiger partial charge in [0.1, 0.15) is 0 Å². The summed E-state index contributed by atoms with van der Waals surface area (Å²) in [6, 6.07) is -1.44. The first-order valence-electron chi connectivity index (χ1n) is 6.48. The number of hydrogen-bond acceptors (Lipinski definition) is 5. The summed E-state index contributed by atoms with van der Waals surface area (Å²) in [6.45, 7) is 5.36. The topological polar surface area (TPSA) is 98.3 Å². The molecule has 0 aromatic heterocycles. The Morgan fingerprint density at radius 2 is 1.19 bits per heavy atom. The van der Waals surface area contributed by atoms with Crippen molar-refractivity contribution in [2.24, 2.45) is 0 Å². The van der Waals surface area contributed by atoms with Gasteiger partial charge in [-0.25, -0.2) is 24.3 Å². The highest BCUT2D eigenvalue weighted by molar-refractivity contribution is 6.07. The van der Waals surface area contributed by atoms with E-state index in [-0.39, 0.29) is 6.54 Å². The molecule has 9 nitrogen and oxygen atoms in total. The molecule has 21 heavy (non-hydrogen) atoms. The molecule has 2 heterocycles. The third kappa shape index (κ3) is 1.88. The smallest absolute Gasteiger partial charge is 0.299 e. The standard InChI is InChI=1S/C12H16N4O5/c1-5-13-9-10(15(7(3)18)11(13)20)16(8(4)19)12(21)14(9)6(2)17/h9-10H,5H2,1-4H3/t9-,10-/m0/s1. The van der Waals surface area contributed by atoms with E-state index in [1.54, 1.807) is 6.92 Å². The van der Waals surface area contributed by atoms with Crippen molar-refractivity contribution >= 4 is 29.8 Å². The van der Waals surface area contributed by atoms with Crippen LogP contribution in [0.3, 0.4) is 0 Å². The van der Waals surface area contributed by atoms with Crippen LogP contribution in [0.4, 0.5) is 9.59 Å². The molecule has 0 spiro atoms. The molecule has 2 atom stereocenters. The molecule has 7 amide bonds. The van der Waals surface area contributed by atoms with Crippen molar-refractivity contribution in [1.82, 2.24) is 19.6 Å². The molecule has 0 unspecified atom stereocenters. The lowest BCUT2D eigenvalue weighted by Crippen LogP contribution is -2.50. The van der Waals surface area contributed by atoms with Crippen molar-refractivity contribution in [3.63, 3.8) is 0 Å². The summed E-state index contributed by atoms with van der Waals surface area (Å²) in [7, 11) is 0. The molecule has 2 rings (SSSR count). The maximum atomic E-state index is 12.3. The summed E-state index contributed by atoms with van der Waals surface area (Å²) in [6.07, 6.45) is -2.08. The number of urea groups is 2. The lowest BCUT2D eigenvalue weighted by molar-refractivity contribution is -0.135. The number of amides is 7. The van der Waals surface area contributed by atoms with Crippen molar-refractivity contribution in [2.45, 2.75) is 40.0 Å². The van der Waals surface area contributed by atoms with Crippen molar-refractivity contribution in [1.29, 1.82) is 0 Å². The lowest BCUT2D eigenvalue weighted by atomic mass is 10.3. The number of likely N-dealkylation sites (N-methyl/N-ethyl adjacent to an activating group) is 1. The Labute approximate surface area is 121 Å². The first-order chi connectivity index (χ1) is 9.73. The summed E-state index contributed by atoms with van der Waals surface area (Å²) < 4.78 is 0. The zero-order valence-electron chi connectivity index (χ0n) is 12.2. The van der Waals surface area contributed by atoms with E-state index < -0.39 is 42.1 Å². The third-order valence-electron chi connectivity index (χ3n) is 3.60. The summed E-state index contributed by atoms with van der Waals surface area (Å²) in [4.78, 5) is 63.5. The highest BCUT2D eigenvalue weighted by atomic mass is 16.2. The van der Waals surface area contributed by atoms with Crippen LogP contribution in [0.2, 0.25) is 0 Å². The van der Waals surface area contributed by atoms with E-state index in [1.807, 2.05) is 0 Å². The number of rotatable bonds is 1. The monoisotopic (exact) mass is 296 g/mol. The van der Waals surface area contributed by atoms with E-state index in [4.69, 9.17) is 0 Å². The fraction of sp³-hybridized carbons (Fsp3) is 0.583. The zero-order valence-corrected chi connectivity index (χ0v) is 12.2. The molecular weight excluding hydrogens is 280 g/mol. The SMILES string of the molecule is CCN1C(=O)N(C(C)=O)[C@@H]2[C@@H]1N(C(C)=O)C(=O)N2C(C)=O. The van der Waals surface area contributed by atoms with Crippen molar-refractivity contribution in [3.8, 4) is 0 Å². The van der Waals surface area contributed by atoms with E-state index in [1.165, 1.54) is 18.7 Å². The van der Waals surface area contributed by atoms with Crippen LogP contribution in [-0.4, -0.2) is 68.3 Å². The second kappa shape index (κ2) is 4.83. The first-order valence-corrected chi connectivity index (χ1v) is 6.48. The Balaban J connectivity index is 2.60. The number of carbonyl (C=O) groups excluding carboxylic acids is 5. The molecule has 0 radical (unpaired) electrons. The Morgan fingerprint density at radius 3 is 1.57 bits per heavy atom. The number of imide groups is 3. The van der Waals surface area contributed by atoms with E-state index in [0.717, 1.165) is 21.6 Å². The Morgan fingerprint density at radius 1 is 0.810 bits per heavy atom. The van der Waals surface area contributed by atoms with Gasteiger partial charge in [0.15, 0.2) is 12.3 Å². The number of fused-ring (bicyclic) bond motifs is 1. The van der Waals surface area contributed by atoms with Crippen LogP contribution < -0.4 is 0 Å². The van der Waals surface area contributed by atoms with Gasteiger partial charge in [0.25, 0.3) is 0 Å². The first kappa shape index (κ1) is 14.9. The summed E-state index contributed by atoms with van der Waals surface area (Å²) in [5.41, 5.74) is 0. The normalized spacial score (nSPS) is 24.8. The van der Waals surface area contributed by atoms with Gasteiger partial charge < -0.3 is 0 Å². The van der Waals surface area contributed by atoms with Crippen molar-refractivity contribution < 1.29 is 24.0 Å². The average molecular weight is 296 g/mol. The van der Waals surface area contributed by atoms with Gasteiger partial charge in [-0.1, -0.05) is 0 Å². The molecule has 0 N–H and O–H groups in total. The lowest BCUT2D eigenvalue weighted by Gasteiger charge is -2.25. The maximum Gasteiger partial charge on any atom is 0.337 e. The van der Waals surface area contributed by atoms with Gasteiger partial charge in [0, 0.05) is 27.3 Å². The minimum Gasteiger partial charge on any atom is -0.299 e. The quantitative estimate of drug-likeness (QED) is 0.666. The maximum absolute atomic E-state index is 12.3. The van der Waals surface area contributed by atoms with Gasteiger partial charge in [0.2, 0.25) is 17.7 Å². The van der Waals surface area contributed by atoms with Crippen LogP contribution in [0.5, 0.6) is 0 Å². The molecule has 2 fully saturated rings. The summed E-state index contributed by atoms with van der Waals surface area (Å²) >= 11 is 0. The fourth-order valence-corrected chi connectivity index (χ4v) is 2.81. The predicted molar refractivity (Wildman–Crippen MR) is 68.3 cm³/mol. The van der Waals surface area contributed by atoms with E-state index in [9.17, 15) is 24.0 Å². The fourth-order valence-electron chi connectivity index (χ4n) is 2.81. The second-order valence-electron chi connectivity index (χ2n) is 4.85. The molecule has 0 aromatic carbocycles. The van der Waals surface area contributed by atoms with Crippen molar-refractivity contribution in [3.05, 3.63) is 0 Å². The summed E-state index contributed by atoms with van der Waals surface area (Å²) in [5.74, 6) is -1.80. The van der Waals surface area contributed by atoms with Gasteiger partial charge >= 0.3 is 12.1 Å². The highest BCUT2D eigenvalue weighted by Crippen LogP contribution is 2.35. The van der Waals surface area contributed by atoms with Crippen LogP contribution in [0.15, 0.2) is 0 Å². The molecule has 0 saturated carbocycles. The van der Waals surface area contributed by atoms with Crippen LogP contribution >= 0.6 is 0 Å². The zero-order chi connectivity index (χ0) is 16.1. The highest BCUT2D eigenvalue weighted by Gasteiger charge is 2.62.